The molecule has 0 saturated carbocycles. The van der Waals surface area contributed by atoms with Gasteiger partial charge in [-0.15, -0.1) is 0 Å². The molecule has 0 aliphatic carbocycles. The van der Waals surface area contributed by atoms with E-state index in [1.165, 1.54) is 5.56 Å². The first kappa shape index (κ1) is 7.68. The van der Waals surface area contributed by atoms with Gasteiger partial charge in [-0.05, 0) is 0 Å². The van der Waals surface area contributed by atoms with Gasteiger partial charge in [-0.2, -0.15) is 0 Å². The second-order valence-corrected chi connectivity index (χ2v) is 4.48. The number of aromatic hydroxyl groups is 1. The standard InChI is InChI=1S/C8H11AsO/c1-6(9)7-3-2-4-8(10)5-7/h2-6,10H,9H2,1H3. The van der Waals surface area contributed by atoms with Crippen LogP contribution in [0.2, 0.25) is 0 Å². The van der Waals surface area contributed by atoms with Gasteiger partial charge >= 0.3 is 69.2 Å². The summed E-state index contributed by atoms with van der Waals surface area (Å²) in [4.78, 5) is 0. The molecule has 1 aromatic carbocycles. The number of hydrogen-bond acceptors (Lipinski definition) is 1. The zero-order chi connectivity index (χ0) is 7.56. The summed E-state index contributed by atoms with van der Waals surface area (Å²) in [7, 11) is 0. The van der Waals surface area contributed by atoms with Crippen LogP contribution in [0.15, 0.2) is 24.3 Å². The Labute approximate surface area is 69.6 Å². The summed E-state index contributed by atoms with van der Waals surface area (Å²) in [5, 5.41) is 9.07. The molecule has 0 spiro atoms. The van der Waals surface area contributed by atoms with E-state index >= 15 is 0 Å². The van der Waals surface area contributed by atoms with Gasteiger partial charge in [0.05, 0.1) is 0 Å². The van der Waals surface area contributed by atoms with Gasteiger partial charge in [0.2, 0.25) is 0 Å². The molecule has 0 saturated heterocycles. The third-order valence-electron chi connectivity index (χ3n) is 1.40. The minimum atomic E-state index is 0.363. The fourth-order valence-corrected chi connectivity index (χ4v) is 1.24. The van der Waals surface area contributed by atoms with Crippen LogP contribution >= 0.6 is 0 Å². The van der Waals surface area contributed by atoms with Gasteiger partial charge in [-0.1, -0.05) is 0 Å². The van der Waals surface area contributed by atoms with Crippen molar-refractivity contribution in [1.82, 2.24) is 0 Å². The Morgan fingerprint density at radius 1 is 1.50 bits per heavy atom. The van der Waals surface area contributed by atoms with Gasteiger partial charge in [0.1, 0.15) is 0 Å². The Morgan fingerprint density at radius 2 is 2.20 bits per heavy atom. The van der Waals surface area contributed by atoms with Crippen molar-refractivity contribution < 1.29 is 5.11 Å². The molecule has 1 rings (SSSR count). The summed E-state index contributed by atoms with van der Waals surface area (Å²) in [6.45, 7) is 2.13. The van der Waals surface area contributed by atoms with E-state index < -0.39 is 0 Å². The first-order chi connectivity index (χ1) is 4.70. The molecule has 2 unspecified atom stereocenters. The summed E-state index contributed by atoms with van der Waals surface area (Å²) in [6.07, 6.45) is 0. The van der Waals surface area contributed by atoms with E-state index in [9.17, 15) is 0 Å². The van der Waals surface area contributed by atoms with Crippen molar-refractivity contribution in [1.29, 1.82) is 0 Å². The average Bonchev–Trinajstić information content (AvgIpc) is 1.88. The van der Waals surface area contributed by atoms with Crippen molar-refractivity contribution in [3.05, 3.63) is 29.8 Å². The van der Waals surface area contributed by atoms with Crippen LogP contribution in [0.1, 0.15) is 17.2 Å². The van der Waals surface area contributed by atoms with E-state index in [0.717, 1.165) is 0 Å². The summed E-state index contributed by atoms with van der Waals surface area (Å²) in [5.74, 6) is 0.363. The normalized spacial score (nSPS) is 13.0. The van der Waals surface area contributed by atoms with Crippen LogP contribution in [0.4, 0.5) is 0 Å². The van der Waals surface area contributed by atoms with E-state index in [2.05, 4.69) is 6.92 Å². The predicted octanol–water partition coefficient (Wildman–Crippen LogP) is 1.09. The molecule has 0 amide bonds. The predicted molar refractivity (Wildman–Crippen MR) is 45.1 cm³/mol. The summed E-state index contributed by atoms with van der Waals surface area (Å²) >= 11 is 1.67. The van der Waals surface area contributed by atoms with Gasteiger partial charge in [-0.3, -0.25) is 0 Å². The molecule has 0 aromatic heterocycles. The SMILES string of the molecule is CC([AsH2])c1cccc(O)c1. The van der Waals surface area contributed by atoms with Crippen LogP contribution in [0.3, 0.4) is 0 Å². The summed E-state index contributed by atoms with van der Waals surface area (Å²) in [6, 6.07) is 7.41. The minimum absolute atomic E-state index is 0.363. The maximum absolute atomic E-state index is 9.07. The molecule has 2 atom stereocenters. The fraction of sp³-hybridized carbons (Fsp3) is 0.250. The molecule has 1 N–H and O–H groups in total. The Hall–Kier alpha value is -0.422. The number of phenols is 1. The third-order valence-corrected chi connectivity index (χ3v) is 2.20. The van der Waals surface area contributed by atoms with Crippen LogP contribution in [0, 0.1) is 0 Å². The van der Waals surface area contributed by atoms with Crippen molar-refractivity contribution in [3.8, 4) is 5.75 Å². The average molecular weight is 198 g/mol. The van der Waals surface area contributed by atoms with Crippen molar-refractivity contribution in [2.45, 2.75) is 11.6 Å². The second-order valence-electron chi connectivity index (χ2n) is 2.38. The van der Waals surface area contributed by atoms with Crippen molar-refractivity contribution in [3.63, 3.8) is 0 Å². The van der Waals surface area contributed by atoms with Gasteiger partial charge in [-0.25, -0.2) is 0 Å². The molecular weight excluding hydrogens is 187 g/mol. The molecule has 1 aromatic rings. The van der Waals surface area contributed by atoms with Gasteiger partial charge in [0, 0.05) is 0 Å². The molecule has 0 radical (unpaired) electrons. The number of hydrogen-bond donors (Lipinski definition) is 1. The summed E-state index contributed by atoms with van der Waals surface area (Å²) < 4.78 is 0.555. The van der Waals surface area contributed by atoms with E-state index in [4.69, 9.17) is 5.11 Å². The maximum atomic E-state index is 9.07. The van der Waals surface area contributed by atoms with E-state index in [1.807, 2.05) is 18.2 Å². The topological polar surface area (TPSA) is 20.2 Å². The fourth-order valence-electron chi connectivity index (χ4n) is 0.808. The Balaban J connectivity index is 2.96. The van der Waals surface area contributed by atoms with E-state index in [-0.39, 0.29) is 0 Å². The van der Waals surface area contributed by atoms with Crippen LogP contribution in [0.5, 0.6) is 5.75 Å². The van der Waals surface area contributed by atoms with Crippen molar-refractivity contribution in [2.24, 2.45) is 0 Å². The molecule has 54 valence electrons. The molecular formula is C8H11AsO. The molecule has 0 aliphatic heterocycles. The number of benzene rings is 1. The van der Waals surface area contributed by atoms with Crippen molar-refractivity contribution >= 4 is 16.9 Å². The van der Waals surface area contributed by atoms with Gasteiger partial charge in [0.25, 0.3) is 0 Å². The zero-order valence-corrected chi connectivity index (χ0v) is 8.33. The number of rotatable bonds is 1. The van der Waals surface area contributed by atoms with E-state index in [1.54, 1.807) is 22.9 Å². The van der Waals surface area contributed by atoms with Crippen LogP contribution in [-0.2, 0) is 0 Å². The molecule has 1 nitrogen and oxygen atoms in total. The first-order valence-electron chi connectivity index (χ1n) is 3.24. The first-order valence-corrected chi connectivity index (χ1v) is 4.64. The summed E-state index contributed by atoms with van der Waals surface area (Å²) in [5.41, 5.74) is 1.21. The zero-order valence-electron chi connectivity index (χ0n) is 5.91. The monoisotopic (exact) mass is 198 g/mol. The molecule has 0 fully saturated rings. The van der Waals surface area contributed by atoms with Gasteiger partial charge < -0.3 is 0 Å². The van der Waals surface area contributed by atoms with Crippen LogP contribution in [0.25, 0.3) is 0 Å². The molecule has 0 aliphatic rings. The Bertz CT molecular complexity index is 220. The third kappa shape index (κ3) is 1.78. The molecule has 2 heteroatoms. The molecule has 0 heterocycles. The number of phenolic OH excluding ortho intramolecular Hbond substituents is 1. The van der Waals surface area contributed by atoms with Crippen LogP contribution in [-0.4, -0.2) is 22.0 Å². The van der Waals surface area contributed by atoms with Gasteiger partial charge in [0.15, 0.2) is 0 Å². The van der Waals surface area contributed by atoms with Crippen molar-refractivity contribution in [2.75, 3.05) is 0 Å². The molecule has 10 heavy (non-hydrogen) atoms. The quantitative estimate of drug-likeness (QED) is 0.669. The van der Waals surface area contributed by atoms with Crippen LogP contribution < -0.4 is 0 Å². The second kappa shape index (κ2) is 3.11. The van der Waals surface area contributed by atoms with E-state index in [0.29, 0.717) is 10.5 Å². The molecule has 0 bridgehead atoms. The Morgan fingerprint density at radius 3 is 2.60 bits per heavy atom. The Kier molecular flexibility index (Phi) is 2.39.